The van der Waals surface area contributed by atoms with Crippen molar-refractivity contribution < 1.29 is 23.9 Å². The Labute approximate surface area is 246 Å². The topological polar surface area (TPSA) is 69.7 Å². The molecule has 0 aromatic carbocycles. The van der Waals surface area contributed by atoms with E-state index in [0.29, 0.717) is 38.9 Å². The molecule has 0 heterocycles. The monoisotopic (exact) mass is 562 g/mol. The number of esters is 2. The van der Waals surface area contributed by atoms with Gasteiger partial charge in [-0.2, -0.15) is 0 Å². The summed E-state index contributed by atoms with van der Waals surface area (Å²) >= 11 is 0. The molecule has 5 nitrogen and oxygen atoms in total. The lowest BCUT2D eigenvalue weighted by Crippen LogP contribution is -2.07. The van der Waals surface area contributed by atoms with Gasteiger partial charge in [-0.3, -0.25) is 14.4 Å². The molecule has 0 aromatic rings. The number of hydrogen-bond acceptors (Lipinski definition) is 5. The molecular weight excluding hydrogens is 500 g/mol. The average Bonchev–Trinajstić information content (AvgIpc) is 2.94. The summed E-state index contributed by atoms with van der Waals surface area (Å²) in [7, 11) is 0. The van der Waals surface area contributed by atoms with Crippen molar-refractivity contribution in [3.8, 4) is 0 Å². The molecule has 40 heavy (non-hydrogen) atoms. The number of carbonyl (C=O) groups is 3. The van der Waals surface area contributed by atoms with Gasteiger partial charge in [0.15, 0.2) is 0 Å². The maximum absolute atomic E-state index is 12.0. The van der Waals surface area contributed by atoms with Gasteiger partial charge in [0, 0.05) is 25.7 Å². The second kappa shape index (κ2) is 31.6. The molecule has 0 saturated carbocycles. The van der Waals surface area contributed by atoms with Gasteiger partial charge < -0.3 is 9.47 Å². The Bertz CT molecular complexity index is 598. The lowest BCUT2D eigenvalue weighted by Gasteiger charge is -2.03. The van der Waals surface area contributed by atoms with Gasteiger partial charge >= 0.3 is 11.9 Å². The van der Waals surface area contributed by atoms with Gasteiger partial charge in [-0.15, -0.1) is 0 Å². The van der Waals surface area contributed by atoms with Crippen LogP contribution in [0.3, 0.4) is 0 Å². The summed E-state index contributed by atoms with van der Waals surface area (Å²) in [6, 6.07) is 0. The van der Waals surface area contributed by atoms with E-state index in [0.717, 1.165) is 12.8 Å². The number of ether oxygens (including phenoxy) is 2. The highest BCUT2D eigenvalue weighted by Gasteiger charge is 2.08. The Balaban J connectivity index is 3.51. The van der Waals surface area contributed by atoms with Gasteiger partial charge in [-0.1, -0.05) is 128 Å². The number of hydrogen-bond donors (Lipinski definition) is 0. The molecule has 0 rings (SSSR count). The first-order valence-electron chi connectivity index (χ1n) is 16.7. The van der Waals surface area contributed by atoms with Crippen LogP contribution in [-0.2, 0) is 23.9 Å². The zero-order chi connectivity index (χ0) is 29.4. The molecule has 0 aliphatic rings. The van der Waals surface area contributed by atoms with Gasteiger partial charge in [-0.25, -0.2) is 0 Å². The van der Waals surface area contributed by atoms with E-state index in [1.54, 1.807) is 0 Å². The highest BCUT2D eigenvalue weighted by atomic mass is 16.5. The zero-order valence-electron chi connectivity index (χ0n) is 26.2. The summed E-state index contributed by atoms with van der Waals surface area (Å²) in [4.78, 5) is 35.7. The minimum Gasteiger partial charge on any atom is -0.461 e. The molecule has 0 aliphatic heterocycles. The average molecular weight is 563 g/mol. The number of allylic oxidation sites excluding steroid dienone is 2. The fourth-order valence-corrected chi connectivity index (χ4v) is 4.58. The molecule has 0 amide bonds. The first-order chi connectivity index (χ1) is 19.6. The normalized spacial score (nSPS) is 11.4. The zero-order valence-corrected chi connectivity index (χ0v) is 26.2. The smallest absolute Gasteiger partial charge is 0.306 e. The van der Waals surface area contributed by atoms with Crippen LogP contribution in [0.25, 0.3) is 0 Å². The highest BCUT2D eigenvalue weighted by molar-refractivity contribution is 5.79. The molecule has 5 heteroatoms. The van der Waals surface area contributed by atoms with Gasteiger partial charge in [0.25, 0.3) is 0 Å². The Morgan fingerprint density at radius 3 is 1.15 bits per heavy atom. The molecule has 0 spiro atoms. The third kappa shape index (κ3) is 30.6. The van der Waals surface area contributed by atoms with Crippen LogP contribution in [0.15, 0.2) is 24.3 Å². The summed E-state index contributed by atoms with van der Waals surface area (Å²) in [5.74, 6) is -0.441. The lowest BCUT2D eigenvalue weighted by molar-refractivity contribution is -0.143. The molecule has 0 fully saturated rings. The number of carbonyl (C=O) groups excluding carboxylic acids is 3. The van der Waals surface area contributed by atoms with Gasteiger partial charge in [0.1, 0.15) is 19.0 Å². The summed E-state index contributed by atoms with van der Waals surface area (Å²) in [5, 5.41) is 0. The quantitative estimate of drug-likeness (QED) is 0.0495. The van der Waals surface area contributed by atoms with Crippen LogP contribution in [0.1, 0.15) is 168 Å². The van der Waals surface area contributed by atoms with E-state index < -0.39 is 0 Å². The highest BCUT2D eigenvalue weighted by Crippen LogP contribution is 2.11. The Morgan fingerprint density at radius 2 is 0.775 bits per heavy atom. The molecule has 0 radical (unpaired) electrons. The fraction of sp³-hybridized carbons (Fsp3) is 0.800. The third-order valence-electron chi connectivity index (χ3n) is 7.14. The Morgan fingerprint density at radius 1 is 0.425 bits per heavy atom. The summed E-state index contributed by atoms with van der Waals surface area (Å²) in [6.45, 7) is 5.10. The molecule has 0 N–H and O–H groups in total. The number of Topliss-reactive ketones (excluding diaryl/α,β-unsaturated/α-hetero) is 1. The summed E-state index contributed by atoms with van der Waals surface area (Å²) in [5.41, 5.74) is 0. The molecule has 0 aromatic heterocycles. The van der Waals surface area contributed by atoms with Crippen LogP contribution in [0, 0.1) is 0 Å². The number of rotatable bonds is 30. The Kier molecular flexibility index (Phi) is 30.1. The fourth-order valence-electron chi connectivity index (χ4n) is 4.58. The Hall–Kier alpha value is -1.91. The van der Waals surface area contributed by atoms with Crippen LogP contribution >= 0.6 is 0 Å². The van der Waals surface area contributed by atoms with E-state index in [2.05, 4.69) is 26.0 Å². The van der Waals surface area contributed by atoms with Crippen LogP contribution in [0.2, 0.25) is 0 Å². The number of ketones is 1. The SMILES string of the molecule is CCCCCCCCCC/C=C\COC(=O)CCCC(=O)CCCC(=O)OC/C=C\CCCCCCCCCC. The van der Waals surface area contributed by atoms with E-state index >= 15 is 0 Å². The third-order valence-corrected chi connectivity index (χ3v) is 7.14. The predicted molar refractivity (Wildman–Crippen MR) is 167 cm³/mol. The lowest BCUT2D eigenvalue weighted by atomic mass is 10.1. The van der Waals surface area contributed by atoms with E-state index in [1.807, 2.05) is 12.2 Å². The summed E-state index contributed by atoms with van der Waals surface area (Å²) in [6.07, 6.45) is 33.2. The molecule has 0 atom stereocenters. The van der Waals surface area contributed by atoms with Crippen molar-refractivity contribution in [3.05, 3.63) is 24.3 Å². The first-order valence-corrected chi connectivity index (χ1v) is 16.7. The molecule has 0 aliphatic carbocycles. The van der Waals surface area contributed by atoms with Crippen molar-refractivity contribution >= 4 is 17.7 Å². The molecular formula is C35H62O5. The van der Waals surface area contributed by atoms with Crippen molar-refractivity contribution in [1.82, 2.24) is 0 Å². The van der Waals surface area contributed by atoms with Crippen molar-refractivity contribution in [3.63, 3.8) is 0 Å². The van der Waals surface area contributed by atoms with Crippen LogP contribution in [0.4, 0.5) is 0 Å². The summed E-state index contributed by atoms with van der Waals surface area (Å²) < 4.78 is 10.4. The van der Waals surface area contributed by atoms with E-state index in [9.17, 15) is 14.4 Å². The van der Waals surface area contributed by atoms with Crippen LogP contribution < -0.4 is 0 Å². The minimum absolute atomic E-state index is 0.0797. The maximum Gasteiger partial charge on any atom is 0.306 e. The van der Waals surface area contributed by atoms with Crippen LogP contribution in [-0.4, -0.2) is 30.9 Å². The van der Waals surface area contributed by atoms with Gasteiger partial charge in [0.2, 0.25) is 0 Å². The maximum atomic E-state index is 12.0. The first kappa shape index (κ1) is 38.1. The number of unbranched alkanes of at least 4 members (excludes halogenated alkanes) is 16. The minimum atomic E-state index is -0.261. The van der Waals surface area contributed by atoms with Gasteiger partial charge in [-0.05, 0) is 38.5 Å². The predicted octanol–water partition coefficient (Wildman–Crippen LogP) is 10.2. The molecule has 232 valence electrons. The molecule has 0 saturated heterocycles. The van der Waals surface area contributed by atoms with Crippen molar-refractivity contribution in [1.29, 1.82) is 0 Å². The standard InChI is InChI=1S/C35H62O5/c1-3-5-7-9-11-13-15-17-19-21-23-31-39-34(37)29-25-27-33(36)28-26-30-35(38)40-32-24-22-20-18-16-14-12-10-8-6-4-2/h21-24H,3-20,25-32H2,1-2H3/b23-21-,24-22-. The largest absolute Gasteiger partial charge is 0.461 e. The second-order valence-electron chi connectivity index (χ2n) is 11.1. The van der Waals surface area contributed by atoms with E-state index in [-0.39, 0.29) is 30.6 Å². The molecule has 0 unspecified atom stereocenters. The van der Waals surface area contributed by atoms with Crippen LogP contribution in [0.5, 0.6) is 0 Å². The molecule has 0 bridgehead atoms. The van der Waals surface area contributed by atoms with Gasteiger partial charge in [0.05, 0.1) is 0 Å². The van der Waals surface area contributed by atoms with Crippen molar-refractivity contribution in [2.75, 3.05) is 13.2 Å². The second-order valence-corrected chi connectivity index (χ2v) is 11.1. The van der Waals surface area contributed by atoms with E-state index in [1.165, 1.54) is 103 Å². The van der Waals surface area contributed by atoms with E-state index in [4.69, 9.17) is 9.47 Å². The van der Waals surface area contributed by atoms with Crippen molar-refractivity contribution in [2.24, 2.45) is 0 Å². The van der Waals surface area contributed by atoms with Crippen molar-refractivity contribution in [2.45, 2.75) is 168 Å².